The third-order valence-corrected chi connectivity index (χ3v) is 6.43. The molecule has 1 saturated carbocycles. The van der Waals surface area contributed by atoms with Gasteiger partial charge in [-0.05, 0) is 48.6 Å². The van der Waals surface area contributed by atoms with Gasteiger partial charge in [-0.3, -0.25) is 4.79 Å². The van der Waals surface area contributed by atoms with Crippen LogP contribution in [0.15, 0.2) is 48.6 Å². The number of hydrogen-bond donors (Lipinski definition) is 3. The van der Waals surface area contributed by atoms with E-state index in [4.69, 9.17) is 14.9 Å². The number of aldehydes is 1. The highest BCUT2D eigenvalue weighted by atomic mass is 16.5. The molecular formula is C28H42O6. The van der Waals surface area contributed by atoms with Gasteiger partial charge in [-0.2, -0.15) is 0 Å². The van der Waals surface area contributed by atoms with Gasteiger partial charge in [0.2, 0.25) is 0 Å². The molecule has 1 atom stereocenters. The van der Waals surface area contributed by atoms with E-state index in [0.717, 1.165) is 11.5 Å². The van der Waals surface area contributed by atoms with E-state index in [2.05, 4.69) is 32.2 Å². The van der Waals surface area contributed by atoms with Crippen molar-refractivity contribution >= 4 is 12.3 Å². The average molecular weight is 475 g/mol. The Hall–Kier alpha value is -2.28. The molecule has 190 valence electrons. The maximum atomic E-state index is 11.6. The van der Waals surface area contributed by atoms with Crippen LogP contribution in [0, 0.1) is 5.92 Å². The second-order valence-electron chi connectivity index (χ2n) is 9.05. The highest BCUT2D eigenvalue weighted by Crippen LogP contribution is 2.38. The molecule has 34 heavy (non-hydrogen) atoms. The molecule has 0 aliphatic heterocycles. The van der Waals surface area contributed by atoms with E-state index < -0.39 is 12.6 Å². The number of carbonyl (C=O) groups excluding carboxylic acids is 2. The number of ether oxygens (including phenoxy) is 1. The smallest absolute Gasteiger partial charge is 0.335 e. The van der Waals surface area contributed by atoms with E-state index in [1.807, 2.05) is 12.1 Å². The molecule has 6 nitrogen and oxygen atoms in total. The van der Waals surface area contributed by atoms with Gasteiger partial charge in [0.25, 0.3) is 0 Å². The first-order valence-electron chi connectivity index (χ1n) is 12.3. The van der Waals surface area contributed by atoms with Crippen LogP contribution in [0.4, 0.5) is 0 Å². The maximum Gasteiger partial charge on any atom is 0.335 e. The van der Waals surface area contributed by atoms with E-state index in [1.54, 1.807) is 0 Å². The van der Waals surface area contributed by atoms with E-state index >= 15 is 0 Å². The van der Waals surface area contributed by atoms with Crippen molar-refractivity contribution in [3.05, 3.63) is 59.7 Å². The molecule has 1 aromatic rings. The molecule has 1 aliphatic rings. The first-order chi connectivity index (χ1) is 16.4. The van der Waals surface area contributed by atoms with Gasteiger partial charge in [0.15, 0.2) is 0 Å². The number of esters is 1. The molecule has 0 amide bonds. The second-order valence-corrected chi connectivity index (χ2v) is 9.05. The Morgan fingerprint density at radius 2 is 1.71 bits per heavy atom. The Balaban J connectivity index is 0.000000852. The highest BCUT2D eigenvalue weighted by molar-refractivity contribution is 5.87. The Bertz CT molecular complexity index is 747. The van der Waals surface area contributed by atoms with Crippen molar-refractivity contribution in [1.82, 2.24) is 0 Å². The van der Waals surface area contributed by atoms with Crippen molar-refractivity contribution in [1.29, 1.82) is 0 Å². The SMILES string of the molecule is C=C(C=O)CO.C=C(CO)C(=O)OCC(CO)c1ccc(C2CCC(CCCCC)CC2)cc1. The third kappa shape index (κ3) is 10.8. The summed E-state index contributed by atoms with van der Waals surface area (Å²) in [5.74, 6) is 0.658. The summed E-state index contributed by atoms with van der Waals surface area (Å²) in [5.41, 5.74) is 2.58. The summed E-state index contributed by atoms with van der Waals surface area (Å²) in [4.78, 5) is 21.1. The van der Waals surface area contributed by atoms with Gasteiger partial charge in [0.1, 0.15) is 12.9 Å². The number of unbranched alkanes of at least 4 members (excludes halogenated alkanes) is 2. The molecule has 0 saturated heterocycles. The molecule has 0 radical (unpaired) electrons. The Kier molecular flexibility index (Phi) is 15.0. The zero-order chi connectivity index (χ0) is 25.3. The number of benzene rings is 1. The van der Waals surface area contributed by atoms with E-state index in [1.165, 1.54) is 56.9 Å². The average Bonchev–Trinajstić information content (AvgIpc) is 2.89. The third-order valence-electron chi connectivity index (χ3n) is 6.43. The topological polar surface area (TPSA) is 104 Å². The predicted octanol–water partition coefficient (Wildman–Crippen LogP) is 4.44. The molecule has 0 spiro atoms. The van der Waals surface area contributed by atoms with Gasteiger partial charge in [0.05, 0.1) is 25.4 Å². The number of aliphatic hydroxyl groups excluding tert-OH is 3. The Morgan fingerprint density at radius 3 is 2.18 bits per heavy atom. The van der Waals surface area contributed by atoms with Crippen LogP contribution in [-0.4, -0.2) is 54.0 Å². The molecule has 0 aromatic heterocycles. The van der Waals surface area contributed by atoms with Crippen LogP contribution >= 0.6 is 0 Å². The van der Waals surface area contributed by atoms with Crippen LogP contribution < -0.4 is 0 Å². The summed E-state index contributed by atoms with van der Waals surface area (Å²) >= 11 is 0. The van der Waals surface area contributed by atoms with Crippen molar-refractivity contribution in [2.24, 2.45) is 5.92 Å². The van der Waals surface area contributed by atoms with E-state index in [9.17, 15) is 14.7 Å². The van der Waals surface area contributed by atoms with Crippen LogP contribution in [0.1, 0.15) is 81.3 Å². The van der Waals surface area contributed by atoms with Gasteiger partial charge in [-0.25, -0.2) is 4.79 Å². The van der Waals surface area contributed by atoms with Gasteiger partial charge >= 0.3 is 5.97 Å². The van der Waals surface area contributed by atoms with E-state index in [0.29, 0.717) is 12.2 Å². The highest BCUT2D eigenvalue weighted by Gasteiger charge is 2.22. The molecule has 1 aliphatic carbocycles. The standard InChI is InChI=1S/C24H36O4.C4H6O2/c1-3-4-5-6-19-7-9-20(10-8-19)21-11-13-22(14-12-21)23(16-26)17-28-24(27)18(2)15-25;1-4(2-5)3-6/h11-14,19-20,23,25-26H,2-10,15-17H2,1H3;2,6H,1,3H2. The fourth-order valence-electron chi connectivity index (χ4n) is 4.14. The van der Waals surface area contributed by atoms with E-state index in [-0.39, 0.29) is 36.9 Å². The Morgan fingerprint density at radius 1 is 1.06 bits per heavy atom. The minimum Gasteiger partial charge on any atom is -0.462 e. The van der Waals surface area contributed by atoms with Crippen LogP contribution in [0.3, 0.4) is 0 Å². The van der Waals surface area contributed by atoms with Crippen molar-refractivity contribution in [2.45, 2.75) is 70.1 Å². The lowest BCUT2D eigenvalue weighted by molar-refractivity contribution is -0.140. The quantitative estimate of drug-likeness (QED) is 0.169. The molecule has 1 aromatic carbocycles. The minimum absolute atomic E-state index is 0.0253. The van der Waals surface area contributed by atoms with Gasteiger partial charge < -0.3 is 20.1 Å². The lowest BCUT2D eigenvalue weighted by Crippen LogP contribution is -2.18. The molecule has 2 rings (SSSR count). The summed E-state index contributed by atoms with van der Waals surface area (Å²) in [6.45, 7) is 8.22. The minimum atomic E-state index is -0.617. The fourth-order valence-corrected chi connectivity index (χ4v) is 4.14. The fraction of sp³-hybridized carbons (Fsp3) is 0.571. The number of carbonyl (C=O) groups is 2. The van der Waals surface area contributed by atoms with Crippen molar-refractivity contribution in [2.75, 3.05) is 26.4 Å². The number of rotatable bonds is 13. The van der Waals surface area contributed by atoms with Crippen molar-refractivity contribution < 1.29 is 29.6 Å². The van der Waals surface area contributed by atoms with Gasteiger partial charge in [-0.1, -0.05) is 70.0 Å². The van der Waals surface area contributed by atoms with Crippen molar-refractivity contribution in [3.63, 3.8) is 0 Å². The molecule has 6 heteroatoms. The van der Waals surface area contributed by atoms with Crippen molar-refractivity contribution in [3.8, 4) is 0 Å². The summed E-state index contributed by atoms with van der Waals surface area (Å²) in [5, 5.41) is 26.6. The first kappa shape index (κ1) is 29.8. The summed E-state index contributed by atoms with van der Waals surface area (Å²) < 4.78 is 5.14. The summed E-state index contributed by atoms with van der Waals surface area (Å²) in [6, 6.07) is 8.40. The summed E-state index contributed by atoms with van der Waals surface area (Å²) in [6.07, 6.45) is 11.1. The van der Waals surface area contributed by atoms with Gasteiger partial charge in [0, 0.05) is 11.5 Å². The van der Waals surface area contributed by atoms with Crippen LogP contribution in [0.2, 0.25) is 0 Å². The predicted molar refractivity (Wildman–Crippen MR) is 135 cm³/mol. The zero-order valence-corrected chi connectivity index (χ0v) is 20.6. The zero-order valence-electron chi connectivity index (χ0n) is 20.6. The second kappa shape index (κ2) is 17.2. The monoisotopic (exact) mass is 474 g/mol. The largest absolute Gasteiger partial charge is 0.462 e. The molecule has 1 unspecified atom stereocenters. The molecule has 1 fully saturated rings. The molecule has 0 bridgehead atoms. The number of aliphatic hydroxyl groups is 3. The molecule has 3 N–H and O–H groups in total. The summed E-state index contributed by atoms with van der Waals surface area (Å²) in [7, 11) is 0. The van der Waals surface area contributed by atoms with Crippen LogP contribution in [-0.2, 0) is 14.3 Å². The normalized spacial score (nSPS) is 18.2. The lowest BCUT2D eigenvalue weighted by Gasteiger charge is -2.29. The molecular weight excluding hydrogens is 432 g/mol. The first-order valence-corrected chi connectivity index (χ1v) is 12.3. The van der Waals surface area contributed by atoms with Crippen LogP contribution in [0.25, 0.3) is 0 Å². The Labute approximate surface area is 204 Å². The molecule has 0 heterocycles. The maximum absolute atomic E-state index is 11.6. The van der Waals surface area contributed by atoms with Crippen LogP contribution in [0.5, 0.6) is 0 Å². The van der Waals surface area contributed by atoms with Gasteiger partial charge in [-0.15, -0.1) is 0 Å². The number of hydrogen-bond acceptors (Lipinski definition) is 6. The lowest BCUT2D eigenvalue weighted by atomic mass is 9.77.